The van der Waals surface area contributed by atoms with E-state index >= 15 is 0 Å². The van der Waals surface area contributed by atoms with Crippen molar-refractivity contribution in [1.82, 2.24) is 0 Å². The van der Waals surface area contributed by atoms with Gasteiger partial charge < -0.3 is 4.74 Å². The monoisotopic (exact) mass is 226 g/mol. The van der Waals surface area contributed by atoms with Crippen LogP contribution in [0.4, 0.5) is 0 Å². The molecule has 0 amide bonds. The van der Waals surface area contributed by atoms with Crippen LogP contribution in [0.25, 0.3) is 0 Å². The van der Waals surface area contributed by atoms with Gasteiger partial charge in [0, 0.05) is 12.8 Å². The fraction of sp³-hybridized carbons (Fsp3) is 0.400. The molecule has 0 N–H and O–H groups in total. The zero-order valence-corrected chi connectivity index (χ0v) is 8.79. The van der Waals surface area contributed by atoms with Gasteiger partial charge in [-0.1, -0.05) is 12.1 Å². The highest BCUT2D eigenvalue weighted by Gasteiger charge is 2.49. The fourth-order valence-electron chi connectivity index (χ4n) is 1.85. The Morgan fingerprint density at radius 3 is 2.60 bits per heavy atom. The van der Waals surface area contributed by atoms with Gasteiger partial charge in [0.15, 0.2) is 0 Å². The van der Waals surface area contributed by atoms with E-state index in [-0.39, 0.29) is 4.90 Å². The second-order valence-electron chi connectivity index (χ2n) is 3.85. The molecule has 0 aromatic heterocycles. The molecule has 4 nitrogen and oxygen atoms in total. The van der Waals surface area contributed by atoms with Crippen LogP contribution in [0.2, 0.25) is 0 Å². The predicted molar refractivity (Wildman–Crippen MR) is 51.9 cm³/mol. The molecule has 1 aromatic rings. The Balaban J connectivity index is 2.15. The Morgan fingerprint density at radius 2 is 1.93 bits per heavy atom. The summed E-state index contributed by atoms with van der Waals surface area (Å²) in [5, 5.41) is 0. The maximum Gasteiger partial charge on any atom is 0.304 e. The van der Waals surface area contributed by atoms with Crippen LogP contribution in [0.15, 0.2) is 29.2 Å². The molecule has 0 radical (unpaired) electrons. The smallest absolute Gasteiger partial charge is 0.304 e. The van der Waals surface area contributed by atoms with Crippen molar-refractivity contribution in [3.05, 3.63) is 24.3 Å². The quantitative estimate of drug-likeness (QED) is 0.631. The van der Waals surface area contributed by atoms with E-state index in [1.807, 2.05) is 0 Å². The second-order valence-corrected chi connectivity index (χ2v) is 5.37. The number of fused-ring (bicyclic) bond motifs is 1. The third-order valence-corrected chi connectivity index (χ3v) is 4.19. The lowest BCUT2D eigenvalue weighted by Gasteiger charge is -2.43. The third kappa shape index (κ3) is 1.27. The summed E-state index contributed by atoms with van der Waals surface area (Å²) in [6.07, 6.45) is 2.22. The van der Waals surface area contributed by atoms with Gasteiger partial charge in [0.1, 0.15) is 10.6 Å². The van der Waals surface area contributed by atoms with E-state index in [2.05, 4.69) is 0 Å². The van der Waals surface area contributed by atoms with E-state index in [0.29, 0.717) is 18.6 Å². The first-order valence-electron chi connectivity index (χ1n) is 4.85. The van der Waals surface area contributed by atoms with Crippen LogP contribution in [0.3, 0.4) is 0 Å². The first-order chi connectivity index (χ1) is 7.11. The van der Waals surface area contributed by atoms with E-state index in [9.17, 15) is 8.42 Å². The van der Waals surface area contributed by atoms with Crippen molar-refractivity contribution in [2.24, 2.45) is 0 Å². The third-order valence-electron chi connectivity index (χ3n) is 2.79. The molecule has 5 heteroatoms. The standard InChI is InChI=1S/C10H10O4S/c11-15(12)9-5-2-1-4-8(9)13-10(14-15)6-3-7-10/h1-2,4-5H,3,6-7H2. The van der Waals surface area contributed by atoms with Crippen molar-refractivity contribution in [1.29, 1.82) is 0 Å². The summed E-state index contributed by atoms with van der Waals surface area (Å²) in [4.78, 5) is 0.127. The summed E-state index contributed by atoms with van der Waals surface area (Å²) in [5.41, 5.74) is 0. The topological polar surface area (TPSA) is 52.6 Å². The minimum Gasteiger partial charge on any atom is -0.460 e. The molecule has 1 aliphatic carbocycles. The van der Waals surface area contributed by atoms with E-state index in [0.717, 1.165) is 6.42 Å². The van der Waals surface area contributed by atoms with Gasteiger partial charge in [-0.2, -0.15) is 8.42 Å². The zero-order valence-electron chi connectivity index (χ0n) is 7.97. The lowest BCUT2D eigenvalue weighted by molar-refractivity contribution is -0.172. The fourth-order valence-corrected chi connectivity index (χ4v) is 3.15. The number of hydrogen-bond acceptors (Lipinski definition) is 4. The molecule has 80 valence electrons. The number of benzene rings is 1. The maximum atomic E-state index is 11.8. The van der Waals surface area contributed by atoms with E-state index in [1.165, 1.54) is 6.07 Å². The van der Waals surface area contributed by atoms with Crippen LogP contribution in [-0.4, -0.2) is 14.2 Å². The van der Waals surface area contributed by atoms with Gasteiger partial charge >= 0.3 is 10.1 Å². The van der Waals surface area contributed by atoms with Crippen LogP contribution in [-0.2, 0) is 14.3 Å². The molecule has 0 bridgehead atoms. The minimum absolute atomic E-state index is 0.127. The summed E-state index contributed by atoms with van der Waals surface area (Å²) < 4.78 is 34.2. The van der Waals surface area contributed by atoms with Crippen LogP contribution < -0.4 is 4.74 Å². The number of hydrogen-bond donors (Lipinski definition) is 0. The Bertz CT molecular complexity index is 502. The number of para-hydroxylation sites is 1. The van der Waals surface area contributed by atoms with Gasteiger partial charge in [-0.25, -0.2) is 4.18 Å². The molecular formula is C10H10O4S. The van der Waals surface area contributed by atoms with Crippen LogP contribution in [0, 0.1) is 0 Å². The molecule has 1 saturated carbocycles. The highest BCUT2D eigenvalue weighted by atomic mass is 32.2. The molecule has 0 saturated heterocycles. The minimum atomic E-state index is -3.64. The van der Waals surface area contributed by atoms with Crippen molar-refractivity contribution >= 4 is 10.1 Å². The first kappa shape index (κ1) is 9.18. The maximum absolute atomic E-state index is 11.8. The Kier molecular flexibility index (Phi) is 1.67. The van der Waals surface area contributed by atoms with Crippen molar-refractivity contribution in [3.63, 3.8) is 0 Å². The summed E-state index contributed by atoms with van der Waals surface area (Å²) in [6.45, 7) is 0. The van der Waals surface area contributed by atoms with Gasteiger partial charge in [0.2, 0.25) is 5.79 Å². The molecule has 1 aliphatic heterocycles. The van der Waals surface area contributed by atoms with Crippen molar-refractivity contribution in [2.75, 3.05) is 0 Å². The van der Waals surface area contributed by atoms with Crippen LogP contribution in [0.1, 0.15) is 19.3 Å². The molecule has 1 heterocycles. The average molecular weight is 226 g/mol. The van der Waals surface area contributed by atoms with Gasteiger partial charge in [0.05, 0.1) is 0 Å². The first-order valence-corrected chi connectivity index (χ1v) is 6.26. The highest BCUT2D eigenvalue weighted by Crippen LogP contribution is 2.45. The van der Waals surface area contributed by atoms with Crippen LogP contribution in [0.5, 0.6) is 5.75 Å². The van der Waals surface area contributed by atoms with Gasteiger partial charge in [-0.05, 0) is 18.6 Å². The summed E-state index contributed by atoms with van der Waals surface area (Å²) in [5.74, 6) is -0.504. The van der Waals surface area contributed by atoms with E-state index in [1.54, 1.807) is 18.2 Å². The molecule has 1 aromatic carbocycles. The second kappa shape index (κ2) is 2.74. The Morgan fingerprint density at radius 1 is 1.20 bits per heavy atom. The number of ether oxygens (including phenoxy) is 1. The van der Waals surface area contributed by atoms with Gasteiger partial charge in [0.25, 0.3) is 0 Å². The normalized spacial score (nSPS) is 25.1. The predicted octanol–water partition coefficient (Wildman–Crippen LogP) is 1.66. The van der Waals surface area contributed by atoms with Crippen molar-refractivity contribution in [3.8, 4) is 5.75 Å². The summed E-state index contributed by atoms with van der Waals surface area (Å²) in [6, 6.07) is 6.57. The van der Waals surface area contributed by atoms with Crippen molar-refractivity contribution < 1.29 is 17.3 Å². The molecule has 0 atom stereocenters. The lowest BCUT2D eigenvalue weighted by atomic mass is 9.91. The Hall–Kier alpha value is -1.07. The number of rotatable bonds is 0. The Labute approximate surface area is 87.9 Å². The molecule has 1 spiro atoms. The molecule has 0 unspecified atom stereocenters. The summed E-state index contributed by atoms with van der Waals surface area (Å²) in [7, 11) is -3.64. The van der Waals surface area contributed by atoms with Crippen molar-refractivity contribution in [2.45, 2.75) is 29.9 Å². The SMILES string of the molecule is O=S1(=O)OC2(CCC2)Oc2ccccc21. The average Bonchev–Trinajstić information content (AvgIpc) is 2.14. The van der Waals surface area contributed by atoms with Gasteiger partial charge in [-0.3, -0.25) is 0 Å². The van der Waals surface area contributed by atoms with Gasteiger partial charge in [-0.15, -0.1) is 0 Å². The van der Waals surface area contributed by atoms with E-state index < -0.39 is 15.9 Å². The zero-order chi connectivity index (χ0) is 10.5. The van der Waals surface area contributed by atoms with E-state index in [4.69, 9.17) is 8.92 Å². The summed E-state index contributed by atoms with van der Waals surface area (Å²) >= 11 is 0. The molecule has 2 aliphatic rings. The highest BCUT2D eigenvalue weighted by molar-refractivity contribution is 7.87. The molecule has 1 fully saturated rings. The molecule has 15 heavy (non-hydrogen) atoms. The lowest BCUT2D eigenvalue weighted by Crippen LogP contribution is -2.49. The molecular weight excluding hydrogens is 216 g/mol. The largest absolute Gasteiger partial charge is 0.460 e. The van der Waals surface area contributed by atoms with Crippen LogP contribution >= 0.6 is 0 Å². The molecule has 3 rings (SSSR count).